The molecule has 5 rings (SSSR count). The van der Waals surface area contributed by atoms with Gasteiger partial charge in [0, 0.05) is 31.4 Å². The molecule has 150 valence electrons. The second-order valence-corrected chi connectivity index (χ2v) is 8.26. The topological polar surface area (TPSA) is 101 Å². The number of carbonyl (C=O) groups is 1. The maximum atomic E-state index is 15.2. The maximum Gasteiger partial charge on any atom is 1.00 e. The number of carbonyl (C=O) groups excluding carboxylic acids is 1. The molecule has 3 fully saturated rings. The maximum absolute atomic E-state index is 15.2. The SMILES string of the molecule is N#Cc1c(N2CC3CCCNC3C2)c(F)cc2c(=O)c(C(=O)[O-])cn(C3CC3)c12.[Na+]. The zero-order valence-corrected chi connectivity index (χ0v) is 18.8. The molecule has 1 aromatic heterocycles. The van der Waals surface area contributed by atoms with Crippen molar-refractivity contribution in [3.05, 3.63) is 39.4 Å². The van der Waals surface area contributed by atoms with Gasteiger partial charge in [0.2, 0.25) is 0 Å². The molecule has 1 N–H and O–H groups in total. The number of nitrogens with zero attached hydrogens (tertiary/aromatic N) is 3. The quantitative estimate of drug-likeness (QED) is 0.574. The van der Waals surface area contributed by atoms with Crippen LogP contribution in [0.2, 0.25) is 0 Å². The Balaban J connectivity index is 0.00000218. The van der Waals surface area contributed by atoms with Gasteiger partial charge in [-0.25, -0.2) is 4.39 Å². The van der Waals surface area contributed by atoms with Crippen LogP contribution in [-0.2, 0) is 0 Å². The van der Waals surface area contributed by atoms with E-state index in [4.69, 9.17) is 0 Å². The van der Waals surface area contributed by atoms with Crippen LogP contribution in [0.4, 0.5) is 10.1 Å². The standard InChI is InChI=1S/C21H21FN4O3.Na/c22-16-6-13-18(26(12-3-4-12)9-15(20(13)27)21(28)29)14(7-23)19(16)25-8-11-2-1-5-24-17(11)10-25;/h6,9,11-12,17,24H,1-5,8,10H2,(H,28,29);/q;+1/p-1. The predicted octanol–water partition coefficient (Wildman–Crippen LogP) is -2.10. The molecular formula is C21H20FN4NaO3. The van der Waals surface area contributed by atoms with E-state index in [2.05, 4.69) is 11.4 Å². The molecule has 2 aliphatic heterocycles. The number of carboxylic acid groups (broad SMARTS) is 1. The fourth-order valence-corrected chi connectivity index (χ4v) is 4.91. The van der Waals surface area contributed by atoms with Crippen LogP contribution in [0.15, 0.2) is 17.1 Å². The Hall–Kier alpha value is -1.92. The number of halogens is 1. The molecule has 2 aromatic rings. The smallest absolute Gasteiger partial charge is 0.545 e. The van der Waals surface area contributed by atoms with Crippen molar-refractivity contribution in [1.29, 1.82) is 5.26 Å². The van der Waals surface area contributed by atoms with Crippen LogP contribution in [0.3, 0.4) is 0 Å². The van der Waals surface area contributed by atoms with Crippen LogP contribution >= 0.6 is 0 Å². The number of carboxylic acids is 1. The van der Waals surface area contributed by atoms with Crippen LogP contribution in [0.25, 0.3) is 10.9 Å². The number of benzene rings is 1. The van der Waals surface area contributed by atoms with Crippen molar-refractivity contribution in [2.75, 3.05) is 24.5 Å². The second kappa shape index (κ2) is 7.97. The van der Waals surface area contributed by atoms with E-state index in [1.807, 2.05) is 4.90 Å². The molecule has 3 heterocycles. The predicted molar refractivity (Wildman–Crippen MR) is 102 cm³/mol. The molecule has 0 amide bonds. The van der Waals surface area contributed by atoms with E-state index in [-0.39, 0.29) is 58.3 Å². The van der Waals surface area contributed by atoms with E-state index >= 15 is 4.39 Å². The van der Waals surface area contributed by atoms with Gasteiger partial charge >= 0.3 is 29.6 Å². The van der Waals surface area contributed by atoms with Crippen molar-refractivity contribution in [3.8, 4) is 6.07 Å². The van der Waals surface area contributed by atoms with Gasteiger partial charge in [-0.3, -0.25) is 4.79 Å². The molecule has 2 atom stereocenters. The molecule has 1 saturated carbocycles. The number of fused-ring (bicyclic) bond motifs is 2. The number of aromatic carboxylic acids is 1. The van der Waals surface area contributed by atoms with Gasteiger partial charge in [-0.2, -0.15) is 5.26 Å². The molecule has 3 aliphatic rings. The molecule has 30 heavy (non-hydrogen) atoms. The van der Waals surface area contributed by atoms with Gasteiger partial charge in [-0.1, -0.05) is 0 Å². The first-order valence-electron chi connectivity index (χ1n) is 10.0. The fraction of sp³-hybridized carbons (Fsp3) is 0.476. The zero-order valence-electron chi connectivity index (χ0n) is 16.8. The van der Waals surface area contributed by atoms with Crippen LogP contribution in [0.1, 0.15) is 47.6 Å². The summed E-state index contributed by atoms with van der Waals surface area (Å²) < 4.78 is 16.9. The molecular weight excluding hydrogens is 398 g/mol. The fourth-order valence-electron chi connectivity index (χ4n) is 4.91. The summed E-state index contributed by atoms with van der Waals surface area (Å²) in [6, 6.07) is 3.47. The Bertz CT molecular complexity index is 1120. The van der Waals surface area contributed by atoms with Crippen molar-refractivity contribution in [3.63, 3.8) is 0 Å². The summed E-state index contributed by atoms with van der Waals surface area (Å²) in [5.74, 6) is -1.86. The van der Waals surface area contributed by atoms with E-state index in [9.17, 15) is 20.0 Å². The van der Waals surface area contributed by atoms with E-state index < -0.39 is 22.8 Å². The minimum absolute atomic E-state index is 0. The van der Waals surface area contributed by atoms with Crippen LogP contribution < -0.4 is 50.3 Å². The number of nitriles is 1. The van der Waals surface area contributed by atoms with E-state index in [1.54, 1.807) is 4.57 Å². The van der Waals surface area contributed by atoms with E-state index in [1.165, 1.54) is 6.20 Å². The summed E-state index contributed by atoms with van der Waals surface area (Å²) in [4.78, 5) is 26.0. The normalized spacial score (nSPS) is 23.0. The Kier molecular flexibility index (Phi) is 5.66. The Morgan fingerprint density at radius 1 is 1.30 bits per heavy atom. The summed E-state index contributed by atoms with van der Waals surface area (Å²) in [7, 11) is 0. The summed E-state index contributed by atoms with van der Waals surface area (Å²) in [5.41, 5.74) is -0.671. The number of rotatable bonds is 3. The van der Waals surface area contributed by atoms with E-state index in [0.717, 1.165) is 38.3 Å². The summed E-state index contributed by atoms with van der Waals surface area (Å²) in [6.45, 7) is 2.19. The van der Waals surface area contributed by atoms with Crippen LogP contribution in [-0.4, -0.2) is 36.2 Å². The van der Waals surface area contributed by atoms with Crippen molar-refractivity contribution in [2.45, 2.75) is 37.8 Å². The minimum atomic E-state index is -1.59. The van der Waals surface area contributed by atoms with Crippen LogP contribution in [0, 0.1) is 23.1 Å². The number of hydrogen-bond acceptors (Lipinski definition) is 6. The third kappa shape index (κ3) is 3.34. The van der Waals surface area contributed by atoms with Gasteiger partial charge < -0.3 is 24.7 Å². The first-order valence-corrected chi connectivity index (χ1v) is 10.0. The van der Waals surface area contributed by atoms with Crippen molar-refractivity contribution >= 4 is 22.6 Å². The van der Waals surface area contributed by atoms with Gasteiger partial charge in [0.15, 0.2) is 5.43 Å². The molecule has 2 saturated heterocycles. The minimum Gasteiger partial charge on any atom is -0.545 e. The summed E-state index contributed by atoms with van der Waals surface area (Å²) in [6.07, 6.45) is 5.03. The first-order chi connectivity index (χ1) is 14.0. The van der Waals surface area contributed by atoms with Gasteiger partial charge in [0.1, 0.15) is 17.4 Å². The first kappa shape index (κ1) is 21.3. The van der Waals surface area contributed by atoms with Crippen molar-refractivity contribution < 1.29 is 43.8 Å². The molecule has 9 heteroatoms. The number of hydrogen-bond donors (Lipinski definition) is 1. The van der Waals surface area contributed by atoms with Gasteiger partial charge in [-0.05, 0) is 44.2 Å². The van der Waals surface area contributed by atoms with Crippen LogP contribution in [0.5, 0.6) is 0 Å². The number of nitrogens with one attached hydrogen (secondary N) is 1. The molecule has 1 aliphatic carbocycles. The number of anilines is 1. The molecule has 2 unspecified atom stereocenters. The largest absolute Gasteiger partial charge is 1.00 e. The van der Waals surface area contributed by atoms with Gasteiger partial charge in [-0.15, -0.1) is 0 Å². The third-order valence-corrected chi connectivity index (χ3v) is 6.43. The average molecular weight is 418 g/mol. The van der Waals surface area contributed by atoms with Gasteiger partial charge in [0.25, 0.3) is 0 Å². The Morgan fingerprint density at radius 3 is 2.70 bits per heavy atom. The Morgan fingerprint density at radius 2 is 2.07 bits per heavy atom. The molecule has 0 radical (unpaired) electrons. The molecule has 7 nitrogen and oxygen atoms in total. The van der Waals surface area contributed by atoms with Crippen molar-refractivity contribution in [1.82, 2.24) is 9.88 Å². The molecule has 1 aromatic carbocycles. The zero-order chi connectivity index (χ0) is 20.3. The number of aromatic nitrogens is 1. The average Bonchev–Trinajstić information content (AvgIpc) is 3.45. The second-order valence-electron chi connectivity index (χ2n) is 8.26. The van der Waals surface area contributed by atoms with E-state index in [0.29, 0.717) is 24.5 Å². The van der Waals surface area contributed by atoms with Crippen molar-refractivity contribution in [2.24, 2.45) is 5.92 Å². The Labute approximate surface area is 194 Å². The molecule has 0 bridgehead atoms. The molecule has 0 spiro atoms. The van der Waals surface area contributed by atoms with Gasteiger partial charge in [0.05, 0.1) is 28.1 Å². The number of pyridine rings is 1. The monoisotopic (exact) mass is 418 g/mol. The third-order valence-electron chi connectivity index (χ3n) is 6.43. The summed E-state index contributed by atoms with van der Waals surface area (Å²) in [5, 5.41) is 24.8. The summed E-state index contributed by atoms with van der Waals surface area (Å²) >= 11 is 0. The number of piperidine rings is 1.